The van der Waals surface area contributed by atoms with E-state index in [1.807, 2.05) is 6.92 Å². The average Bonchev–Trinajstić information content (AvgIpc) is 2.43. The highest BCUT2D eigenvalue weighted by Crippen LogP contribution is 2.05. The maximum absolute atomic E-state index is 12.1. The average molecular weight is 250 g/mol. The van der Waals surface area contributed by atoms with Crippen molar-refractivity contribution in [2.24, 2.45) is 16.8 Å². The fourth-order valence-corrected chi connectivity index (χ4v) is 1.53. The van der Waals surface area contributed by atoms with Crippen molar-refractivity contribution in [3.05, 3.63) is 30.1 Å². The summed E-state index contributed by atoms with van der Waals surface area (Å²) in [6.07, 6.45) is 1.58. The van der Waals surface area contributed by atoms with Crippen molar-refractivity contribution in [2.75, 3.05) is 13.1 Å². The van der Waals surface area contributed by atoms with Crippen LogP contribution in [-0.2, 0) is 0 Å². The van der Waals surface area contributed by atoms with Gasteiger partial charge in [-0.1, -0.05) is 18.1 Å². The highest BCUT2D eigenvalue weighted by molar-refractivity contribution is 5.92. The lowest BCUT2D eigenvalue weighted by Gasteiger charge is -2.23. The van der Waals surface area contributed by atoms with Crippen LogP contribution < -0.4 is 5.73 Å². The molecule has 0 bridgehead atoms. The normalized spacial score (nSPS) is 13.1. The molecule has 1 unspecified atom stereocenters. The number of carbonyl (C=O) groups excluding carboxylic acids is 1. The molecule has 98 valence electrons. The van der Waals surface area contributed by atoms with Gasteiger partial charge in [0.2, 0.25) is 0 Å². The van der Waals surface area contributed by atoms with Crippen LogP contribution in [0.25, 0.3) is 0 Å². The molecule has 1 atom stereocenters. The molecule has 0 radical (unpaired) electrons. The number of amides is 1. The molecule has 1 heterocycles. The first-order valence-electron chi connectivity index (χ1n) is 5.77. The summed E-state index contributed by atoms with van der Waals surface area (Å²) in [5.74, 6) is -0.249. The second kappa shape index (κ2) is 6.58. The summed E-state index contributed by atoms with van der Waals surface area (Å²) < 4.78 is 0. The van der Waals surface area contributed by atoms with Gasteiger partial charge >= 0.3 is 0 Å². The maximum Gasteiger partial charge on any atom is 0.272 e. The molecule has 0 aromatic carbocycles. The van der Waals surface area contributed by atoms with Crippen LogP contribution in [0.15, 0.2) is 29.6 Å². The van der Waals surface area contributed by atoms with Gasteiger partial charge in [0, 0.05) is 25.2 Å². The monoisotopic (exact) mass is 250 g/mol. The lowest BCUT2D eigenvalue weighted by atomic mass is 10.1. The molecule has 1 rings (SSSR count). The summed E-state index contributed by atoms with van der Waals surface area (Å²) in [5.41, 5.74) is 5.90. The number of nitrogens with two attached hydrogens (primary N) is 1. The summed E-state index contributed by atoms with van der Waals surface area (Å²) >= 11 is 0. The molecule has 0 aliphatic carbocycles. The number of hydrogen-bond donors (Lipinski definition) is 2. The number of oxime groups is 1. The fraction of sp³-hybridized carbons (Fsp3) is 0.417. The van der Waals surface area contributed by atoms with Crippen LogP contribution in [0.3, 0.4) is 0 Å². The van der Waals surface area contributed by atoms with Crippen LogP contribution in [0.2, 0.25) is 0 Å². The van der Waals surface area contributed by atoms with E-state index in [4.69, 9.17) is 10.9 Å². The number of nitrogens with zero attached hydrogens (tertiary/aromatic N) is 3. The number of rotatable bonds is 5. The molecule has 1 amide bonds. The van der Waals surface area contributed by atoms with Crippen LogP contribution in [0, 0.1) is 5.92 Å². The van der Waals surface area contributed by atoms with Gasteiger partial charge in [-0.15, -0.1) is 0 Å². The Kier molecular flexibility index (Phi) is 5.10. The van der Waals surface area contributed by atoms with Gasteiger partial charge in [0.25, 0.3) is 5.91 Å². The van der Waals surface area contributed by atoms with E-state index in [-0.39, 0.29) is 17.7 Å². The first-order chi connectivity index (χ1) is 8.60. The van der Waals surface area contributed by atoms with E-state index in [2.05, 4.69) is 10.1 Å². The third-order valence-electron chi connectivity index (χ3n) is 2.67. The molecule has 3 N–H and O–H groups in total. The number of carbonyl (C=O) groups is 1. The molecular weight excluding hydrogens is 232 g/mol. The van der Waals surface area contributed by atoms with Gasteiger partial charge in [-0.3, -0.25) is 9.78 Å². The SMILES string of the molecule is CCN(CC(C)C(N)=NO)C(=O)c1ccccn1. The molecule has 0 saturated heterocycles. The van der Waals surface area contributed by atoms with E-state index in [1.165, 1.54) is 0 Å². The van der Waals surface area contributed by atoms with E-state index in [1.54, 1.807) is 36.2 Å². The van der Waals surface area contributed by atoms with E-state index < -0.39 is 0 Å². The van der Waals surface area contributed by atoms with Crippen LogP contribution in [0.1, 0.15) is 24.3 Å². The second-order valence-corrected chi connectivity index (χ2v) is 3.98. The molecule has 1 aromatic rings. The molecule has 1 aromatic heterocycles. The van der Waals surface area contributed by atoms with Crippen LogP contribution in [0.4, 0.5) is 0 Å². The molecule has 0 aliphatic rings. The fourth-order valence-electron chi connectivity index (χ4n) is 1.53. The first-order valence-corrected chi connectivity index (χ1v) is 5.77. The quantitative estimate of drug-likeness (QED) is 0.352. The van der Waals surface area contributed by atoms with Crippen molar-refractivity contribution in [3.8, 4) is 0 Å². The maximum atomic E-state index is 12.1. The van der Waals surface area contributed by atoms with Crippen molar-refractivity contribution < 1.29 is 10.0 Å². The van der Waals surface area contributed by atoms with Gasteiger partial charge in [0.1, 0.15) is 11.5 Å². The lowest BCUT2D eigenvalue weighted by Crippen LogP contribution is -2.39. The highest BCUT2D eigenvalue weighted by Gasteiger charge is 2.19. The van der Waals surface area contributed by atoms with Gasteiger partial charge in [-0.05, 0) is 19.1 Å². The van der Waals surface area contributed by atoms with Crippen LogP contribution in [0.5, 0.6) is 0 Å². The zero-order chi connectivity index (χ0) is 13.5. The van der Waals surface area contributed by atoms with Crippen molar-refractivity contribution in [1.29, 1.82) is 0 Å². The minimum atomic E-state index is -0.206. The summed E-state index contributed by atoms with van der Waals surface area (Å²) in [6.45, 7) is 4.60. The molecular formula is C12H18N4O2. The zero-order valence-corrected chi connectivity index (χ0v) is 10.6. The van der Waals surface area contributed by atoms with Crippen molar-refractivity contribution in [1.82, 2.24) is 9.88 Å². The minimum absolute atomic E-state index is 0.113. The Morgan fingerprint density at radius 1 is 1.61 bits per heavy atom. The summed E-state index contributed by atoms with van der Waals surface area (Å²) in [4.78, 5) is 17.8. The Labute approximate surface area is 106 Å². The largest absolute Gasteiger partial charge is 0.409 e. The van der Waals surface area contributed by atoms with Crippen LogP contribution >= 0.6 is 0 Å². The molecule has 6 heteroatoms. The Bertz CT molecular complexity index is 419. The molecule has 18 heavy (non-hydrogen) atoms. The number of hydrogen-bond acceptors (Lipinski definition) is 4. The van der Waals surface area contributed by atoms with Crippen molar-refractivity contribution >= 4 is 11.7 Å². The standard InChI is InChI=1S/C12H18N4O2/c1-3-16(8-9(2)11(13)15-18)12(17)10-6-4-5-7-14-10/h4-7,9,18H,3,8H2,1-2H3,(H2,13,15). The molecule has 0 saturated carbocycles. The third kappa shape index (κ3) is 3.44. The zero-order valence-electron chi connectivity index (χ0n) is 10.6. The molecule has 0 spiro atoms. The summed E-state index contributed by atoms with van der Waals surface area (Å²) in [7, 11) is 0. The van der Waals surface area contributed by atoms with Gasteiger partial charge in [-0.25, -0.2) is 0 Å². The third-order valence-corrected chi connectivity index (χ3v) is 2.67. The molecule has 0 fully saturated rings. The lowest BCUT2D eigenvalue weighted by molar-refractivity contribution is 0.0748. The molecule has 6 nitrogen and oxygen atoms in total. The predicted molar refractivity (Wildman–Crippen MR) is 68.4 cm³/mol. The van der Waals surface area contributed by atoms with E-state index in [0.717, 1.165) is 0 Å². The van der Waals surface area contributed by atoms with Gasteiger partial charge in [0.05, 0.1) is 0 Å². The first kappa shape index (κ1) is 14.0. The van der Waals surface area contributed by atoms with Gasteiger partial charge in [-0.2, -0.15) is 0 Å². The number of aromatic nitrogens is 1. The minimum Gasteiger partial charge on any atom is -0.409 e. The smallest absolute Gasteiger partial charge is 0.272 e. The summed E-state index contributed by atoms with van der Waals surface area (Å²) in [5, 5.41) is 11.5. The topological polar surface area (TPSA) is 91.8 Å². The van der Waals surface area contributed by atoms with E-state index >= 15 is 0 Å². The Morgan fingerprint density at radius 2 is 2.33 bits per heavy atom. The summed E-state index contributed by atoms with van der Waals surface area (Å²) in [6, 6.07) is 5.19. The Hall–Kier alpha value is -2.11. The Balaban J connectivity index is 2.76. The van der Waals surface area contributed by atoms with Gasteiger partial charge in [0.15, 0.2) is 0 Å². The van der Waals surface area contributed by atoms with Crippen LogP contribution in [-0.4, -0.2) is 39.9 Å². The van der Waals surface area contributed by atoms with Crippen molar-refractivity contribution in [3.63, 3.8) is 0 Å². The Morgan fingerprint density at radius 3 is 2.83 bits per heavy atom. The second-order valence-electron chi connectivity index (χ2n) is 3.98. The van der Waals surface area contributed by atoms with E-state index in [9.17, 15) is 4.79 Å². The predicted octanol–water partition coefficient (Wildman–Crippen LogP) is 0.926. The number of pyridine rings is 1. The highest BCUT2D eigenvalue weighted by atomic mass is 16.4. The molecule has 0 aliphatic heterocycles. The number of amidine groups is 1. The van der Waals surface area contributed by atoms with Gasteiger partial charge < -0.3 is 15.8 Å². The van der Waals surface area contributed by atoms with E-state index in [0.29, 0.717) is 18.8 Å². The van der Waals surface area contributed by atoms with Crippen molar-refractivity contribution in [2.45, 2.75) is 13.8 Å².